The van der Waals surface area contributed by atoms with E-state index in [1.54, 1.807) is 0 Å². The van der Waals surface area contributed by atoms with Crippen molar-refractivity contribution in [2.24, 2.45) is 5.92 Å². The lowest BCUT2D eigenvalue weighted by Crippen LogP contribution is -2.44. The maximum Gasteiger partial charge on any atom is 0.0774 e. The lowest BCUT2D eigenvalue weighted by molar-refractivity contribution is -0.0115. The van der Waals surface area contributed by atoms with Gasteiger partial charge in [0, 0.05) is 6.54 Å². The Morgan fingerprint density at radius 2 is 2.29 bits per heavy atom. The summed E-state index contributed by atoms with van der Waals surface area (Å²) in [5.74, 6) is 0.696. The van der Waals surface area contributed by atoms with Gasteiger partial charge in [0.05, 0.1) is 5.60 Å². The predicted molar refractivity (Wildman–Crippen MR) is 60.4 cm³/mol. The first-order valence-corrected chi connectivity index (χ1v) is 6.09. The quantitative estimate of drug-likeness (QED) is 0.666. The minimum atomic E-state index is -0.411. The number of hydrogen-bond donors (Lipinski definition) is 2. The van der Waals surface area contributed by atoms with Crippen molar-refractivity contribution in [3.63, 3.8) is 0 Å². The number of rotatable bonds is 5. The van der Waals surface area contributed by atoms with Crippen LogP contribution in [0.15, 0.2) is 0 Å². The first-order valence-electron chi connectivity index (χ1n) is 6.09. The zero-order valence-corrected chi connectivity index (χ0v) is 9.68. The third-order valence-electron chi connectivity index (χ3n) is 3.23. The molecule has 1 aliphatic carbocycles. The molecule has 0 radical (unpaired) electrons. The van der Waals surface area contributed by atoms with Gasteiger partial charge in [0.1, 0.15) is 0 Å². The van der Waals surface area contributed by atoms with Crippen LogP contribution in [-0.2, 0) is 0 Å². The molecule has 0 heterocycles. The van der Waals surface area contributed by atoms with Gasteiger partial charge in [-0.3, -0.25) is 0 Å². The molecule has 1 aliphatic rings. The van der Waals surface area contributed by atoms with Crippen LogP contribution in [0.4, 0.5) is 0 Å². The van der Waals surface area contributed by atoms with E-state index in [4.69, 9.17) is 0 Å². The maximum atomic E-state index is 10.3. The van der Waals surface area contributed by atoms with Crippen LogP contribution in [0.3, 0.4) is 0 Å². The Morgan fingerprint density at radius 3 is 2.93 bits per heavy atom. The van der Waals surface area contributed by atoms with Crippen molar-refractivity contribution in [1.29, 1.82) is 0 Å². The fourth-order valence-electron chi connectivity index (χ4n) is 2.42. The third-order valence-corrected chi connectivity index (χ3v) is 3.23. The number of unbranched alkanes of at least 4 members (excludes halogenated alkanes) is 1. The summed E-state index contributed by atoms with van der Waals surface area (Å²) in [6.07, 6.45) is 6.88. The summed E-state index contributed by atoms with van der Waals surface area (Å²) >= 11 is 0. The minimum Gasteiger partial charge on any atom is -0.389 e. The molecule has 1 saturated carbocycles. The van der Waals surface area contributed by atoms with Crippen LogP contribution in [0, 0.1) is 5.92 Å². The van der Waals surface area contributed by atoms with Gasteiger partial charge in [0.2, 0.25) is 0 Å². The highest BCUT2D eigenvalue weighted by atomic mass is 16.3. The van der Waals surface area contributed by atoms with E-state index in [1.165, 1.54) is 25.7 Å². The van der Waals surface area contributed by atoms with E-state index >= 15 is 0 Å². The highest BCUT2D eigenvalue weighted by Gasteiger charge is 2.31. The summed E-state index contributed by atoms with van der Waals surface area (Å²) in [6.45, 7) is 6.28. The zero-order chi connectivity index (χ0) is 10.4. The molecule has 2 N–H and O–H groups in total. The maximum absolute atomic E-state index is 10.3. The summed E-state index contributed by atoms with van der Waals surface area (Å²) in [5.41, 5.74) is -0.411. The summed E-state index contributed by atoms with van der Waals surface area (Å²) in [4.78, 5) is 0. The number of hydrogen-bond acceptors (Lipinski definition) is 2. The van der Waals surface area contributed by atoms with Gasteiger partial charge in [0.15, 0.2) is 0 Å². The molecule has 0 aliphatic heterocycles. The second-order valence-electron chi connectivity index (χ2n) is 4.96. The Hall–Kier alpha value is -0.0800. The largest absolute Gasteiger partial charge is 0.389 e. The highest BCUT2D eigenvalue weighted by molar-refractivity contribution is 4.86. The Labute approximate surface area is 88.1 Å². The lowest BCUT2D eigenvalue weighted by atomic mass is 9.79. The molecule has 0 spiro atoms. The van der Waals surface area contributed by atoms with Gasteiger partial charge in [-0.25, -0.2) is 0 Å². The van der Waals surface area contributed by atoms with Crippen molar-refractivity contribution in [1.82, 2.24) is 5.32 Å². The van der Waals surface area contributed by atoms with Crippen LogP contribution in [0.5, 0.6) is 0 Å². The summed E-state index contributed by atoms with van der Waals surface area (Å²) in [5, 5.41) is 13.6. The van der Waals surface area contributed by atoms with Crippen molar-refractivity contribution < 1.29 is 5.11 Å². The summed E-state index contributed by atoms with van der Waals surface area (Å²) in [7, 11) is 0. The third kappa shape index (κ3) is 3.97. The van der Waals surface area contributed by atoms with Crippen LogP contribution in [-0.4, -0.2) is 23.8 Å². The van der Waals surface area contributed by atoms with Crippen LogP contribution in [0.2, 0.25) is 0 Å². The van der Waals surface area contributed by atoms with Crippen molar-refractivity contribution in [2.75, 3.05) is 13.1 Å². The molecule has 1 fully saturated rings. The van der Waals surface area contributed by atoms with Gasteiger partial charge < -0.3 is 10.4 Å². The molecular formula is C12H25NO. The van der Waals surface area contributed by atoms with Gasteiger partial charge in [-0.1, -0.05) is 33.1 Å². The predicted octanol–water partition coefficient (Wildman–Crippen LogP) is 2.32. The average Bonchev–Trinajstić information content (AvgIpc) is 2.12. The molecule has 0 aromatic rings. The van der Waals surface area contributed by atoms with E-state index < -0.39 is 5.60 Å². The topological polar surface area (TPSA) is 32.3 Å². The Morgan fingerprint density at radius 1 is 1.50 bits per heavy atom. The van der Waals surface area contributed by atoms with Crippen LogP contribution < -0.4 is 5.32 Å². The molecule has 2 atom stereocenters. The van der Waals surface area contributed by atoms with E-state index in [2.05, 4.69) is 19.2 Å². The molecule has 14 heavy (non-hydrogen) atoms. The van der Waals surface area contributed by atoms with E-state index in [9.17, 15) is 5.11 Å². The second kappa shape index (κ2) is 5.72. The van der Waals surface area contributed by atoms with Crippen LogP contribution in [0.1, 0.15) is 52.4 Å². The Balaban J connectivity index is 2.19. The normalized spacial score (nSPS) is 33.2. The zero-order valence-electron chi connectivity index (χ0n) is 9.68. The fourth-order valence-corrected chi connectivity index (χ4v) is 2.42. The van der Waals surface area contributed by atoms with Gasteiger partial charge in [0.25, 0.3) is 0 Å². The fraction of sp³-hybridized carbons (Fsp3) is 1.00. The first-order chi connectivity index (χ1) is 6.66. The molecule has 1 rings (SSSR count). The number of nitrogens with one attached hydrogen (secondary N) is 1. The smallest absolute Gasteiger partial charge is 0.0774 e. The monoisotopic (exact) mass is 199 g/mol. The van der Waals surface area contributed by atoms with Gasteiger partial charge >= 0.3 is 0 Å². The van der Waals surface area contributed by atoms with E-state index in [1.807, 2.05) is 0 Å². The molecule has 2 heteroatoms. The van der Waals surface area contributed by atoms with Crippen molar-refractivity contribution in [3.05, 3.63) is 0 Å². The molecular weight excluding hydrogens is 174 g/mol. The van der Waals surface area contributed by atoms with Gasteiger partial charge in [-0.05, 0) is 31.7 Å². The average molecular weight is 199 g/mol. The molecule has 0 bridgehead atoms. The molecule has 0 saturated heterocycles. The van der Waals surface area contributed by atoms with E-state index in [0.717, 1.165) is 25.9 Å². The minimum absolute atomic E-state index is 0.411. The lowest BCUT2D eigenvalue weighted by Gasteiger charge is -2.35. The number of aliphatic hydroxyl groups is 1. The summed E-state index contributed by atoms with van der Waals surface area (Å²) in [6, 6.07) is 0. The van der Waals surface area contributed by atoms with Gasteiger partial charge in [-0.15, -0.1) is 0 Å². The molecule has 2 nitrogen and oxygen atoms in total. The summed E-state index contributed by atoms with van der Waals surface area (Å²) < 4.78 is 0. The first kappa shape index (κ1) is 12.0. The van der Waals surface area contributed by atoms with Gasteiger partial charge in [-0.2, -0.15) is 0 Å². The highest BCUT2D eigenvalue weighted by Crippen LogP contribution is 2.31. The second-order valence-corrected chi connectivity index (χ2v) is 4.96. The molecule has 0 aromatic carbocycles. The standard InChI is InChI=1S/C12H25NO/c1-3-4-8-13-10-12(14)7-5-6-11(2)9-12/h11,13-14H,3-10H2,1-2H3. The van der Waals surface area contributed by atoms with E-state index in [-0.39, 0.29) is 0 Å². The molecule has 0 amide bonds. The van der Waals surface area contributed by atoms with Crippen LogP contribution >= 0.6 is 0 Å². The molecule has 2 unspecified atom stereocenters. The van der Waals surface area contributed by atoms with Crippen molar-refractivity contribution in [2.45, 2.75) is 58.0 Å². The Kier molecular flexibility index (Phi) is 4.90. The van der Waals surface area contributed by atoms with Crippen molar-refractivity contribution >= 4 is 0 Å². The van der Waals surface area contributed by atoms with Crippen LogP contribution in [0.25, 0.3) is 0 Å². The van der Waals surface area contributed by atoms with E-state index in [0.29, 0.717) is 5.92 Å². The Bertz CT molecular complexity index is 160. The molecule has 84 valence electrons. The molecule has 0 aromatic heterocycles. The van der Waals surface area contributed by atoms with Crippen molar-refractivity contribution in [3.8, 4) is 0 Å². The SMILES string of the molecule is CCCCNCC1(O)CCCC(C)C1.